The molecule has 0 aliphatic rings. The maximum Gasteiger partial charge on any atom is 0.265 e. The molecule has 3 aromatic carbocycles. The molecule has 6 nitrogen and oxygen atoms in total. The molecule has 0 saturated carbocycles. The summed E-state index contributed by atoms with van der Waals surface area (Å²) >= 11 is 11.9. The molecule has 0 heterocycles. The van der Waals surface area contributed by atoms with Crippen molar-refractivity contribution in [2.75, 3.05) is 10.0 Å². The number of hydrogen-bond acceptors (Lipinski definition) is 4. The molecule has 0 bridgehead atoms. The summed E-state index contributed by atoms with van der Waals surface area (Å²) in [5, 5.41) is 3.73. The van der Waals surface area contributed by atoms with Gasteiger partial charge in [0.05, 0.1) is 10.6 Å². The van der Waals surface area contributed by atoms with Crippen LogP contribution in [-0.2, 0) is 14.8 Å². The van der Waals surface area contributed by atoms with E-state index in [-0.39, 0.29) is 10.8 Å². The van der Waals surface area contributed by atoms with E-state index in [1.807, 2.05) is 6.92 Å². The number of amides is 1. The number of nitrogens with one attached hydrogen (secondary N) is 2. The first-order valence-corrected chi connectivity index (χ1v) is 11.5. The van der Waals surface area contributed by atoms with Gasteiger partial charge in [-0.15, -0.1) is 0 Å². The Bertz CT molecular complexity index is 1180. The average Bonchev–Trinajstić information content (AvgIpc) is 2.72. The number of halogens is 2. The standard InChI is InChI=1S/C22H20Cl2N2O4S/c1-14-3-6-18(13-21(14)24)26-31(28,29)20-11-7-17(8-12-20)25-22(27)15(2)30-19-9-4-16(23)5-10-19/h3-13,15,26H,1-2H3,(H,25,27)/t15-/m0/s1. The monoisotopic (exact) mass is 478 g/mol. The van der Waals surface area contributed by atoms with E-state index < -0.39 is 16.1 Å². The van der Waals surface area contributed by atoms with Crippen molar-refractivity contribution in [2.24, 2.45) is 0 Å². The third kappa shape index (κ3) is 6.13. The first-order chi connectivity index (χ1) is 14.6. The predicted molar refractivity (Wildman–Crippen MR) is 124 cm³/mol. The van der Waals surface area contributed by atoms with Crippen LogP contribution in [-0.4, -0.2) is 20.4 Å². The zero-order valence-electron chi connectivity index (χ0n) is 16.7. The van der Waals surface area contributed by atoms with Crippen LogP contribution in [0.4, 0.5) is 11.4 Å². The van der Waals surface area contributed by atoms with Crippen molar-refractivity contribution in [3.8, 4) is 5.75 Å². The Morgan fingerprint density at radius 1 is 0.935 bits per heavy atom. The van der Waals surface area contributed by atoms with E-state index in [9.17, 15) is 13.2 Å². The molecular formula is C22H20Cl2N2O4S. The van der Waals surface area contributed by atoms with E-state index in [0.29, 0.717) is 27.2 Å². The van der Waals surface area contributed by atoms with Crippen molar-refractivity contribution in [2.45, 2.75) is 24.8 Å². The second-order valence-electron chi connectivity index (χ2n) is 6.80. The Morgan fingerprint density at radius 3 is 2.16 bits per heavy atom. The predicted octanol–water partition coefficient (Wildman–Crippen LogP) is 5.51. The molecular weight excluding hydrogens is 459 g/mol. The van der Waals surface area contributed by atoms with Crippen molar-refractivity contribution < 1.29 is 17.9 Å². The van der Waals surface area contributed by atoms with E-state index in [0.717, 1.165) is 5.56 Å². The molecule has 1 atom stereocenters. The Labute approximate surface area is 191 Å². The lowest BCUT2D eigenvalue weighted by molar-refractivity contribution is -0.122. The van der Waals surface area contributed by atoms with Crippen LogP contribution in [0.25, 0.3) is 0 Å². The van der Waals surface area contributed by atoms with Crippen LogP contribution in [0.3, 0.4) is 0 Å². The van der Waals surface area contributed by atoms with E-state index in [1.165, 1.54) is 24.3 Å². The van der Waals surface area contributed by atoms with E-state index in [2.05, 4.69) is 10.0 Å². The van der Waals surface area contributed by atoms with Crippen molar-refractivity contribution in [3.63, 3.8) is 0 Å². The Balaban J connectivity index is 1.63. The van der Waals surface area contributed by atoms with Gasteiger partial charge in [-0.2, -0.15) is 0 Å². The molecule has 2 N–H and O–H groups in total. The van der Waals surface area contributed by atoms with Gasteiger partial charge in [0.15, 0.2) is 6.10 Å². The third-order valence-corrected chi connectivity index (χ3v) is 6.41. The van der Waals surface area contributed by atoms with Crippen LogP contribution in [0.1, 0.15) is 12.5 Å². The highest BCUT2D eigenvalue weighted by Crippen LogP contribution is 2.23. The van der Waals surface area contributed by atoms with Crippen LogP contribution in [0.5, 0.6) is 5.75 Å². The van der Waals surface area contributed by atoms with Crippen LogP contribution >= 0.6 is 23.2 Å². The number of carbonyl (C=O) groups is 1. The number of benzene rings is 3. The van der Waals surface area contributed by atoms with Gasteiger partial charge in [-0.25, -0.2) is 8.42 Å². The van der Waals surface area contributed by atoms with Gasteiger partial charge < -0.3 is 10.1 Å². The fourth-order valence-electron chi connectivity index (χ4n) is 2.60. The highest BCUT2D eigenvalue weighted by molar-refractivity contribution is 7.92. The molecule has 0 unspecified atom stereocenters. The number of sulfonamides is 1. The minimum atomic E-state index is -3.81. The summed E-state index contributed by atoms with van der Waals surface area (Å²) in [7, 11) is -3.81. The molecule has 1 amide bonds. The van der Waals surface area contributed by atoms with Gasteiger partial charge in [0.25, 0.3) is 15.9 Å². The maximum absolute atomic E-state index is 12.6. The molecule has 31 heavy (non-hydrogen) atoms. The van der Waals surface area contributed by atoms with E-state index in [1.54, 1.807) is 49.4 Å². The largest absolute Gasteiger partial charge is 0.481 e. The van der Waals surface area contributed by atoms with Crippen LogP contribution in [0.2, 0.25) is 10.0 Å². The maximum atomic E-state index is 12.6. The highest BCUT2D eigenvalue weighted by atomic mass is 35.5. The van der Waals surface area contributed by atoms with Crippen molar-refractivity contribution in [1.29, 1.82) is 0 Å². The molecule has 0 aliphatic carbocycles. The summed E-state index contributed by atoms with van der Waals surface area (Å²) in [6.45, 7) is 3.44. The van der Waals surface area contributed by atoms with Gasteiger partial charge in [-0.3, -0.25) is 9.52 Å². The third-order valence-electron chi connectivity index (χ3n) is 4.35. The molecule has 0 aromatic heterocycles. The fourth-order valence-corrected chi connectivity index (χ4v) is 3.96. The molecule has 0 radical (unpaired) electrons. The van der Waals surface area contributed by atoms with Gasteiger partial charge in [0.2, 0.25) is 0 Å². The zero-order chi connectivity index (χ0) is 22.6. The van der Waals surface area contributed by atoms with Gasteiger partial charge >= 0.3 is 0 Å². The highest BCUT2D eigenvalue weighted by Gasteiger charge is 2.17. The summed E-state index contributed by atoms with van der Waals surface area (Å²) in [5.41, 5.74) is 1.65. The van der Waals surface area contributed by atoms with E-state index in [4.69, 9.17) is 27.9 Å². The number of rotatable bonds is 7. The SMILES string of the molecule is Cc1ccc(NS(=O)(=O)c2ccc(NC(=O)[C@H](C)Oc3ccc(Cl)cc3)cc2)cc1Cl. The lowest BCUT2D eigenvalue weighted by Gasteiger charge is -2.15. The lowest BCUT2D eigenvalue weighted by Crippen LogP contribution is -2.30. The summed E-state index contributed by atoms with van der Waals surface area (Å²) in [6, 6.07) is 17.4. The lowest BCUT2D eigenvalue weighted by atomic mass is 10.2. The molecule has 3 aromatic rings. The van der Waals surface area contributed by atoms with E-state index >= 15 is 0 Å². The minimum absolute atomic E-state index is 0.0488. The number of carbonyl (C=O) groups excluding carboxylic acids is 1. The molecule has 0 aliphatic heterocycles. The topological polar surface area (TPSA) is 84.5 Å². The Kier molecular flexibility index (Phi) is 7.10. The second kappa shape index (κ2) is 9.60. The zero-order valence-corrected chi connectivity index (χ0v) is 19.1. The minimum Gasteiger partial charge on any atom is -0.481 e. The molecule has 0 fully saturated rings. The average molecular weight is 479 g/mol. The van der Waals surface area contributed by atoms with Crippen LogP contribution < -0.4 is 14.8 Å². The Morgan fingerprint density at radius 2 is 1.55 bits per heavy atom. The van der Waals surface area contributed by atoms with Crippen LogP contribution in [0.15, 0.2) is 71.6 Å². The van der Waals surface area contributed by atoms with Gasteiger partial charge in [0, 0.05) is 15.7 Å². The first kappa shape index (κ1) is 22.9. The first-order valence-electron chi connectivity index (χ1n) is 9.26. The summed E-state index contributed by atoms with van der Waals surface area (Å²) in [5.74, 6) is 0.133. The van der Waals surface area contributed by atoms with Gasteiger partial charge in [0.1, 0.15) is 5.75 Å². The van der Waals surface area contributed by atoms with Crippen LogP contribution in [0, 0.1) is 6.92 Å². The number of anilines is 2. The summed E-state index contributed by atoms with van der Waals surface area (Å²) in [6.07, 6.45) is -0.766. The van der Waals surface area contributed by atoms with Crippen molar-refractivity contribution in [1.82, 2.24) is 0 Å². The van der Waals surface area contributed by atoms with Gasteiger partial charge in [-0.1, -0.05) is 29.3 Å². The number of aryl methyl sites for hydroxylation is 1. The number of ether oxygens (including phenoxy) is 1. The Hall–Kier alpha value is -2.74. The second-order valence-corrected chi connectivity index (χ2v) is 9.32. The normalized spacial score (nSPS) is 12.1. The molecule has 162 valence electrons. The number of hydrogen-bond donors (Lipinski definition) is 2. The van der Waals surface area contributed by atoms with Crippen molar-refractivity contribution >= 4 is 50.5 Å². The molecule has 3 rings (SSSR count). The molecule has 9 heteroatoms. The molecule has 0 spiro atoms. The summed E-state index contributed by atoms with van der Waals surface area (Å²) in [4.78, 5) is 12.4. The molecule has 0 saturated heterocycles. The smallest absolute Gasteiger partial charge is 0.265 e. The summed E-state index contributed by atoms with van der Waals surface area (Å²) < 4.78 is 33.3. The fraction of sp³-hybridized carbons (Fsp3) is 0.136. The quantitative estimate of drug-likeness (QED) is 0.468. The van der Waals surface area contributed by atoms with Crippen molar-refractivity contribution in [3.05, 3.63) is 82.3 Å². The van der Waals surface area contributed by atoms with Gasteiger partial charge in [-0.05, 0) is 80.1 Å².